The fraction of sp³-hybridized carbons (Fsp3) is 0.714. The van der Waals surface area contributed by atoms with E-state index in [9.17, 15) is 4.79 Å². The molecule has 0 saturated carbocycles. The van der Waals surface area contributed by atoms with Gasteiger partial charge in [0.25, 0.3) is 0 Å². The summed E-state index contributed by atoms with van der Waals surface area (Å²) >= 11 is 1.86. The molecular formula is C21H35N5OS. The molecule has 2 atom stereocenters. The summed E-state index contributed by atoms with van der Waals surface area (Å²) in [5, 5.41) is 8.99. The molecule has 7 heteroatoms. The first kappa shape index (κ1) is 21.1. The number of piperidine rings is 1. The maximum absolute atomic E-state index is 11.7. The quantitative estimate of drug-likeness (QED) is 0.397. The number of rotatable bonds is 8. The van der Waals surface area contributed by atoms with Crippen LogP contribution < -0.4 is 10.6 Å². The van der Waals surface area contributed by atoms with Crippen molar-refractivity contribution in [2.75, 3.05) is 46.3 Å². The molecule has 156 valence electrons. The van der Waals surface area contributed by atoms with Crippen molar-refractivity contribution in [3.8, 4) is 0 Å². The molecule has 0 spiro atoms. The second kappa shape index (κ2) is 10.8. The third-order valence-electron chi connectivity index (χ3n) is 5.74. The lowest BCUT2D eigenvalue weighted by molar-refractivity contribution is -0.127. The first-order valence-electron chi connectivity index (χ1n) is 10.7. The summed E-state index contributed by atoms with van der Waals surface area (Å²) in [5.74, 6) is 1.75. The number of thiophene rings is 1. The van der Waals surface area contributed by atoms with Crippen LogP contribution in [0.4, 0.5) is 0 Å². The molecule has 3 rings (SSSR count). The minimum Gasteiger partial charge on any atom is -0.357 e. The first-order valence-corrected chi connectivity index (χ1v) is 11.6. The lowest BCUT2D eigenvalue weighted by atomic mass is 9.88. The average Bonchev–Trinajstić information content (AvgIpc) is 3.35. The van der Waals surface area contributed by atoms with E-state index >= 15 is 0 Å². The van der Waals surface area contributed by atoms with Crippen molar-refractivity contribution < 1.29 is 4.79 Å². The summed E-state index contributed by atoms with van der Waals surface area (Å²) in [4.78, 5) is 22.5. The van der Waals surface area contributed by atoms with E-state index in [1.807, 2.05) is 16.2 Å². The Labute approximate surface area is 173 Å². The number of hydrogen-bond donors (Lipinski definition) is 2. The highest BCUT2D eigenvalue weighted by Crippen LogP contribution is 2.37. The molecule has 0 radical (unpaired) electrons. The Kier molecular flexibility index (Phi) is 8.15. The lowest BCUT2D eigenvalue weighted by Crippen LogP contribution is -2.41. The summed E-state index contributed by atoms with van der Waals surface area (Å²) in [6, 6.07) is 4.89. The monoisotopic (exact) mass is 405 g/mol. The molecule has 2 saturated heterocycles. The van der Waals surface area contributed by atoms with E-state index in [0.717, 1.165) is 64.5 Å². The van der Waals surface area contributed by atoms with Crippen molar-refractivity contribution in [1.29, 1.82) is 0 Å². The summed E-state index contributed by atoms with van der Waals surface area (Å²) in [7, 11) is 2.24. The van der Waals surface area contributed by atoms with E-state index in [1.54, 1.807) is 0 Å². The van der Waals surface area contributed by atoms with Crippen LogP contribution in [0.3, 0.4) is 0 Å². The Bertz CT molecular complexity index is 633. The van der Waals surface area contributed by atoms with Gasteiger partial charge >= 0.3 is 0 Å². The number of guanidine groups is 1. The minimum absolute atomic E-state index is 0.307. The van der Waals surface area contributed by atoms with Crippen LogP contribution in [-0.4, -0.2) is 68.0 Å². The van der Waals surface area contributed by atoms with Crippen LogP contribution in [0.2, 0.25) is 0 Å². The van der Waals surface area contributed by atoms with Gasteiger partial charge in [-0.2, -0.15) is 0 Å². The first-order chi connectivity index (χ1) is 13.7. The van der Waals surface area contributed by atoms with Gasteiger partial charge in [-0.15, -0.1) is 11.3 Å². The van der Waals surface area contributed by atoms with Gasteiger partial charge in [0.2, 0.25) is 5.91 Å². The zero-order valence-electron chi connectivity index (χ0n) is 17.3. The Hall–Kier alpha value is -1.60. The minimum atomic E-state index is 0.307. The van der Waals surface area contributed by atoms with Crippen LogP contribution in [0.25, 0.3) is 0 Å². The summed E-state index contributed by atoms with van der Waals surface area (Å²) in [6.45, 7) is 7.57. The van der Waals surface area contributed by atoms with E-state index in [2.05, 4.69) is 47.0 Å². The van der Waals surface area contributed by atoms with Crippen molar-refractivity contribution in [3.63, 3.8) is 0 Å². The van der Waals surface area contributed by atoms with Crippen molar-refractivity contribution in [2.24, 2.45) is 10.9 Å². The van der Waals surface area contributed by atoms with Crippen LogP contribution in [0.15, 0.2) is 22.5 Å². The molecule has 1 aromatic heterocycles. The van der Waals surface area contributed by atoms with Gasteiger partial charge in [0.05, 0.1) is 0 Å². The van der Waals surface area contributed by atoms with E-state index in [0.29, 0.717) is 17.9 Å². The normalized spacial score (nSPS) is 24.0. The second-order valence-electron chi connectivity index (χ2n) is 7.83. The van der Waals surface area contributed by atoms with E-state index in [4.69, 9.17) is 4.99 Å². The third-order valence-corrected chi connectivity index (χ3v) is 6.68. The SMILES string of the molecule is CCNC(=NCC1CCCN(C)C1c1cccs1)NCCCN1CCCC1=O. The number of nitrogens with zero attached hydrogens (tertiary/aromatic N) is 3. The van der Waals surface area contributed by atoms with E-state index in [-0.39, 0.29) is 0 Å². The molecule has 1 amide bonds. The van der Waals surface area contributed by atoms with Crippen molar-refractivity contribution >= 4 is 23.2 Å². The molecule has 3 heterocycles. The van der Waals surface area contributed by atoms with Crippen LogP contribution in [-0.2, 0) is 4.79 Å². The molecule has 6 nitrogen and oxygen atoms in total. The van der Waals surface area contributed by atoms with Gasteiger partial charge in [-0.1, -0.05) is 6.07 Å². The van der Waals surface area contributed by atoms with E-state index in [1.165, 1.54) is 17.7 Å². The maximum atomic E-state index is 11.7. The Morgan fingerprint density at radius 2 is 2.21 bits per heavy atom. The molecule has 0 aliphatic carbocycles. The fourth-order valence-electron chi connectivity index (χ4n) is 4.33. The molecule has 2 aliphatic rings. The highest BCUT2D eigenvalue weighted by atomic mass is 32.1. The predicted octanol–water partition coefficient (Wildman–Crippen LogP) is 2.70. The summed E-state index contributed by atoms with van der Waals surface area (Å²) in [5.41, 5.74) is 0. The molecular weight excluding hydrogens is 370 g/mol. The third kappa shape index (κ3) is 5.70. The predicted molar refractivity (Wildman–Crippen MR) is 117 cm³/mol. The van der Waals surface area contributed by atoms with Crippen molar-refractivity contribution in [2.45, 2.75) is 45.1 Å². The van der Waals surface area contributed by atoms with Crippen LogP contribution in [0.1, 0.15) is 49.9 Å². The zero-order chi connectivity index (χ0) is 19.8. The highest BCUT2D eigenvalue weighted by molar-refractivity contribution is 7.10. The topological polar surface area (TPSA) is 60.0 Å². The number of aliphatic imine (C=N–C) groups is 1. The van der Waals surface area contributed by atoms with Gasteiger partial charge < -0.3 is 15.5 Å². The molecule has 28 heavy (non-hydrogen) atoms. The van der Waals surface area contributed by atoms with Gasteiger partial charge in [0.1, 0.15) is 0 Å². The van der Waals surface area contributed by atoms with Crippen LogP contribution >= 0.6 is 11.3 Å². The molecule has 2 aliphatic heterocycles. The highest BCUT2D eigenvalue weighted by Gasteiger charge is 2.31. The molecule has 0 bridgehead atoms. The lowest BCUT2D eigenvalue weighted by Gasteiger charge is -2.38. The molecule has 2 unspecified atom stereocenters. The van der Waals surface area contributed by atoms with Crippen LogP contribution in [0, 0.1) is 5.92 Å². The van der Waals surface area contributed by atoms with Gasteiger partial charge in [-0.05, 0) is 63.6 Å². The van der Waals surface area contributed by atoms with Gasteiger partial charge in [-0.3, -0.25) is 14.7 Å². The Morgan fingerprint density at radius 1 is 1.32 bits per heavy atom. The van der Waals surface area contributed by atoms with Gasteiger partial charge in [-0.25, -0.2) is 0 Å². The number of carbonyl (C=O) groups excluding carboxylic acids is 1. The number of nitrogens with one attached hydrogen (secondary N) is 2. The van der Waals surface area contributed by atoms with Crippen molar-refractivity contribution in [3.05, 3.63) is 22.4 Å². The number of amides is 1. The van der Waals surface area contributed by atoms with Crippen LogP contribution in [0.5, 0.6) is 0 Å². The Morgan fingerprint density at radius 3 is 2.93 bits per heavy atom. The van der Waals surface area contributed by atoms with Gasteiger partial charge in [0, 0.05) is 50.1 Å². The largest absolute Gasteiger partial charge is 0.357 e. The Balaban J connectivity index is 1.51. The standard InChI is InChI=1S/C21H35N5OS/c1-3-22-21(23-11-7-14-26-13-5-10-19(26)27)24-16-17-8-4-12-25(2)20(17)18-9-6-15-28-18/h6,9,15,17,20H,3-5,7-8,10-14,16H2,1-2H3,(H2,22,23,24). The number of carbonyl (C=O) groups is 1. The summed E-state index contributed by atoms with van der Waals surface area (Å²) < 4.78 is 0. The molecule has 2 fully saturated rings. The number of likely N-dealkylation sites (tertiary alicyclic amines) is 2. The van der Waals surface area contributed by atoms with Gasteiger partial charge in [0.15, 0.2) is 5.96 Å². The fourth-order valence-corrected chi connectivity index (χ4v) is 5.31. The smallest absolute Gasteiger partial charge is 0.222 e. The second-order valence-corrected chi connectivity index (χ2v) is 8.81. The number of hydrogen-bond acceptors (Lipinski definition) is 4. The van der Waals surface area contributed by atoms with Crippen molar-refractivity contribution in [1.82, 2.24) is 20.4 Å². The summed E-state index contributed by atoms with van der Waals surface area (Å²) in [6.07, 6.45) is 5.16. The molecule has 1 aromatic rings. The molecule has 2 N–H and O–H groups in total. The molecule has 0 aromatic carbocycles. The maximum Gasteiger partial charge on any atom is 0.222 e. The zero-order valence-corrected chi connectivity index (χ0v) is 18.1. The average molecular weight is 406 g/mol. The van der Waals surface area contributed by atoms with E-state index < -0.39 is 0 Å².